The second kappa shape index (κ2) is 13.8. The van der Waals surface area contributed by atoms with Gasteiger partial charge in [-0.15, -0.1) is 11.3 Å². The standard InChI is InChI=1S/C57H34N4S/c1-2-17-38-34-51-47(32-37(38)16-1)42-22-7-9-27-49(42)61(51)50-31-30-39(33-48(50)43-24-13-29-53-54(43)46-23-8-10-28-52(46)62-53)55-58-56(44-25-11-18-35-14-3-5-20-40(35)44)60-57(59-55)45-26-12-19-36-15-4-6-21-41(36)45/h1-34H. The number of benzene rings is 10. The zero-order chi connectivity index (χ0) is 40.7. The van der Waals surface area contributed by atoms with Crippen molar-refractivity contribution in [3.05, 3.63) is 206 Å². The number of hydrogen-bond acceptors (Lipinski definition) is 4. The van der Waals surface area contributed by atoms with E-state index in [1.165, 1.54) is 47.3 Å². The van der Waals surface area contributed by atoms with Crippen LogP contribution in [0, 0.1) is 0 Å². The van der Waals surface area contributed by atoms with E-state index in [4.69, 9.17) is 15.0 Å². The van der Waals surface area contributed by atoms with Crippen LogP contribution in [-0.4, -0.2) is 19.5 Å². The molecule has 0 N–H and O–H groups in total. The van der Waals surface area contributed by atoms with Crippen LogP contribution in [0.2, 0.25) is 0 Å². The number of fused-ring (bicyclic) bond motifs is 9. The SMILES string of the molecule is c1ccc2cc3c(cc2c1)c1ccccc1n3-c1ccc(-c2nc(-c3cccc4ccccc34)nc(-c3cccc4ccccc34)n2)cc1-c1cccc2sc3ccccc3c12. The van der Waals surface area contributed by atoms with Crippen molar-refractivity contribution >= 4 is 85.6 Å². The summed E-state index contributed by atoms with van der Waals surface area (Å²) in [7, 11) is 0. The van der Waals surface area contributed by atoms with Crippen LogP contribution in [0.1, 0.15) is 0 Å². The first-order valence-electron chi connectivity index (χ1n) is 20.9. The lowest BCUT2D eigenvalue weighted by atomic mass is 9.95. The van der Waals surface area contributed by atoms with E-state index in [9.17, 15) is 0 Å². The molecule has 0 saturated heterocycles. The van der Waals surface area contributed by atoms with Gasteiger partial charge in [-0.25, -0.2) is 15.0 Å². The number of para-hydroxylation sites is 1. The zero-order valence-corrected chi connectivity index (χ0v) is 34.1. The minimum atomic E-state index is 0.620. The Morgan fingerprint density at radius 3 is 1.58 bits per heavy atom. The Labute approximate surface area is 360 Å². The molecule has 0 unspecified atom stereocenters. The molecule has 10 aromatic carbocycles. The Bertz CT molecular complexity index is 3840. The lowest BCUT2D eigenvalue weighted by Crippen LogP contribution is -2.02. The van der Waals surface area contributed by atoms with E-state index in [0.717, 1.165) is 60.5 Å². The third kappa shape index (κ3) is 5.42. The number of hydrogen-bond donors (Lipinski definition) is 0. The first-order valence-corrected chi connectivity index (χ1v) is 21.7. The molecule has 4 nitrogen and oxygen atoms in total. The molecule has 62 heavy (non-hydrogen) atoms. The van der Waals surface area contributed by atoms with Gasteiger partial charge in [-0.2, -0.15) is 0 Å². The third-order valence-electron chi connectivity index (χ3n) is 12.4. The summed E-state index contributed by atoms with van der Waals surface area (Å²) in [5.41, 5.74) is 8.54. The van der Waals surface area contributed by atoms with Gasteiger partial charge in [0.1, 0.15) is 0 Å². The molecule has 3 heterocycles. The fraction of sp³-hybridized carbons (Fsp3) is 0. The van der Waals surface area contributed by atoms with Gasteiger partial charge < -0.3 is 4.57 Å². The molecule has 0 bridgehead atoms. The number of rotatable bonds is 5. The van der Waals surface area contributed by atoms with Crippen LogP contribution in [0.25, 0.3) is 125 Å². The van der Waals surface area contributed by atoms with Crippen molar-refractivity contribution in [2.75, 3.05) is 0 Å². The van der Waals surface area contributed by atoms with Crippen LogP contribution >= 0.6 is 11.3 Å². The quantitative estimate of drug-likeness (QED) is 0.174. The Balaban J connectivity index is 1.13. The maximum Gasteiger partial charge on any atom is 0.164 e. The summed E-state index contributed by atoms with van der Waals surface area (Å²) in [4.78, 5) is 16.0. The molecule has 13 aromatic rings. The summed E-state index contributed by atoms with van der Waals surface area (Å²) in [5, 5.41) is 11.9. The molecule has 0 fully saturated rings. The summed E-state index contributed by atoms with van der Waals surface area (Å²) in [6.07, 6.45) is 0. The topological polar surface area (TPSA) is 43.6 Å². The van der Waals surface area contributed by atoms with Crippen LogP contribution < -0.4 is 0 Å². The van der Waals surface area contributed by atoms with Crippen molar-refractivity contribution in [2.45, 2.75) is 0 Å². The molecular formula is C57H34N4S. The van der Waals surface area contributed by atoms with Crippen molar-refractivity contribution in [1.29, 1.82) is 0 Å². The van der Waals surface area contributed by atoms with Gasteiger partial charge in [-0.1, -0.05) is 158 Å². The molecule has 288 valence electrons. The summed E-state index contributed by atoms with van der Waals surface area (Å²) >= 11 is 1.84. The van der Waals surface area contributed by atoms with Gasteiger partial charge in [0.25, 0.3) is 0 Å². The summed E-state index contributed by atoms with van der Waals surface area (Å²) in [6.45, 7) is 0. The fourth-order valence-electron chi connectivity index (χ4n) is 9.59. The summed E-state index contributed by atoms with van der Waals surface area (Å²) in [6, 6.07) is 74.0. The van der Waals surface area contributed by atoms with Gasteiger partial charge in [0.2, 0.25) is 0 Å². The summed E-state index contributed by atoms with van der Waals surface area (Å²) in [5.74, 6) is 1.90. The Kier molecular flexibility index (Phi) is 7.74. The second-order valence-electron chi connectivity index (χ2n) is 15.9. The predicted octanol–water partition coefficient (Wildman–Crippen LogP) is 15.5. The first kappa shape index (κ1) is 34.8. The van der Waals surface area contributed by atoms with Crippen LogP contribution in [0.4, 0.5) is 0 Å². The van der Waals surface area contributed by atoms with Crippen molar-refractivity contribution in [2.24, 2.45) is 0 Å². The molecule has 13 rings (SSSR count). The molecule has 0 aliphatic carbocycles. The zero-order valence-electron chi connectivity index (χ0n) is 33.3. The van der Waals surface area contributed by atoms with Crippen LogP contribution in [0.3, 0.4) is 0 Å². The Morgan fingerprint density at radius 2 is 0.855 bits per heavy atom. The van der Waals surface area contributed by atoms with E-state index in [2.05, 4.69) is 211 Å². The monoisotopic (exact) mass is 806 g/mol. The average Bonchev–Trinajstić information content (AvgIpc) is 3.88. The maximum absolute atomic E-state index is 5.37. The van der Waals surface area contributed by atoms with E-state index in [1.807, 2.05) is 11.3 Å². The van der Waals surface area contributed by atoms with E-state index in [-0.39, 0.29) is 0 Å². The average molecular weight is 807 g/mol. The highest BCUT2D eigenvalue weighted by Crippen LogP contribution is 2.45. The highest BCUT2D eigenvalue weighted by Gasteiger charge is 2.22. The number of thiophene rings is 1. The molecule has 0 saturated carbocycles. The molecule has 5 heteroatoms. The first-order chi connectivity index (χ1) is 30.7. The number of nitrogens with zero attached hydrogens (tertiary/aromatic N) is 4. The van der Waals surface area contributed by atoms with Gasteiger partial charge in [0.05, 0.1) is 16.7 Å². The minimum Gasteiger partial charge on any atom is -0.309 e. The second-order valence-corrected chi connectivity index (χ2v) is 17.0. The van der Waals surface area contributed by atoms with Gasteiger partial charge in [0, 0.05) is 53.2 Å². The fourth-order valence-corrected chi connectivity index (χ4v) is 10.7. The lowest BCUT2D eigenvalue weighted by Gasteiger charge is -2.17. The van der Waals surface area contributed by atoms with Crippen LogP contribution in [0.15, 0.2) is 206 Å². The van der Waals surface area contributed by atoms with E-state index in [0.29, 0.717) is 17.5 Å². The molecule has 0 aliphatic rings. The van der Waals surface area contributed by atoms with Crippen molar-refractivity contribution in [3.8, 4) is 51.0 Å². The van der Waals surface area contributed by atoms with Gasteiger partial charge in [-0.05, 0) is 86.4 Å². The largest absolute Gasteiger partial charge is 0.309 e. The van der Waals surface area contributed by atoms with E-state index in [1.54, 1.807) is 0 Å². The normalized spacial score (nSPS) is 11.9. The van der Waals surface area contributed by atoms with Crippen molar-refractivity contribution < 1.29 is 0 Å². The summed E-state index contributed by atoms with van der Waals surface area (Å²) < 4.78 is 4.98. The molecule has 3 aromatic heterocycles. The van der Waals surface area contributed by atoms with E-state index < -0.39 is 0 Å². The lowest BCUT2D eigenvalue weighted by molar-refractivity contribution is 1.08. The number of aromatic nitrogens is 4. The Hall–Kier alpha value is -7.99. The van der Waals surface area contributed by atoms with Crippen LogP contribution in [-0.2, 0) is 0 Å². The van der Waals surface area contributed by atoms with Crippen molar-refractivity contribution in [1.82, 2.24) is 19.5 Å². The van der Waals surface area contributed by atoms with Crippen LogP contribution in [0.5, 0.6) is 0 Å². The maximum atomic E-state index is 5.37. The van der Waals surface area contributed by atoms with Gasteiger partial charge in [0.15, 0.2) is 17.5 Å². The van der Waals surface area contributed by atoms with Crippen molar-refractivity contribution in [3.63, 3.8) is 0 Å². The molecule has 0 spiro atoms. The van der Waals surface area contributed by atoms with Gasteiger partial charge >= 0.3 is 0 Å². The van der Waals surface area contributed by atoms with E-state index >= 15 is 0 Å². The Morgan fingerprint density at radius 1 is 0.323 bits per heavy atom. The molecule has 0 aliphatic heterocycles. The highest BCUT2D eigenvalue weighted by atomic mass is 32.1. The smallest absolute Gasteiger partial charge is 0.164 e. The molecule has 0 atom stereocenters. The third-order valence-corrected chi connectivity index (χ3v) is 13.6. The predicted molar refractivity (Wildman–Crippen MR) is 261 cm³/mol. The molecule has 0 amide bonds. The van der Waals surface area contributed by atoms with Gasteiger partial charge in [-0.3, -0.25) is 0 Å². The molecular weight excluding hydrogens is 773 g/mol. The minimum absolute atomic E-state index is 0.620. The highest BCUT2D eigenvalue weighted by molar-refractivity contribution is 7.25. The molecule has 0 radical (unpaired) electrons.